The molecule has 64 heavy (non-hydrogen) atoms. The van der Waals surface area contributed by atoms with Crippen molar-refractivity contribution in [2.75, 3.05) is 13.2 Å². The van der Waals surface area contributed by atoms with Gasteiger partial charge in [0.2, 0.25) is 0 Å². The largest absolute Gasteiger partial charge is 0.462 e. The van der Waals surface area contributed by atoms with E-state index in [4.69, 9.17) is 14.2 Å². The van der Waals surface area contributed by atoms with Gasteiger partial charge < -0.3 is 14.2 Å². The lowest BCUT2D eigenvalue weighted by atomic mass is 10.1. The molecule has 0 N–H and O–H groups in total. The van der Waals surface area contributed by atoms with Gasteiger partial charge in [-0.05, 0) is 116 Å². The third kappa shape index (κ3) is 49.9. The topological polar surface area (TPSA) is 78.9 Å². The van der Waals surface area contributed by atoms with Crippen molar-refractivity contribution in [2.24, 2.45) is 0 Å². The molecule has 0 saturated heterocycles. The van der Waals surface area contributed by atoms with E-state index in [1.54, 1.807) is 0 Å². The van der Waals surface area contributed by atoms with Gasteiger partial charge >= 0.3 is 17.9 Å². The minimum atomic E-state index is -0.795. The molecule has 0 aliphatic rings. The van der Waals surface area contributed by atoms with E-state index in [1.807, 2.05) is 0 Å². The Kier molecular flexibility index (Phi) is 49.9. The van der Waals surface area contributed by atoms with Crippen LogP contribution in [0.15, 0.2) is 72.9 Å². The van der Waals surface area contributed by atoms with Gasteiger partial charge in [-0.25, -0.2) is 0 Å². The van der Waals surface area contributed by atoms with Crippen molar-refractivity contribution in [2.45, 2.75) is 264 Å². The molecule has 0 radical (unpaired) electrons. The summed E-state index contributed by atoms with van der Waals surface area (Å²) in [6.45, 7) is 6.55. The summed E-state index contributed by atoms with van der Waals surface area (Å²) in [5.74, 6) is -0.939. The average molecular weight is 893 g/mol. The smallest absolute Gasteiger partial charge is 0.306 e. The van der Waals surface area contributed by atoms with E-state index in [9.17, 15) is 14.4 Å². The van der Waals surface area contributed by atoms with E-state index in [0.717, 1.165) is 103 Å². The van der Waals surface area contributed by atoms with Crippen LogP contribution in [0, 0.1) is 0 Å². The van der Waals surface area contributed by atoms with Gasteiger partial charge in [0.15, 0.2) is 6.10 Å². The lowest BCUT2D eigenvalue weighted by Crippen LogP contribution is -2.30. The van der Waals surface area contributed by atoms with E-state index in [2.05, 4.69) is 93.7 Å². The fraction of sp³-hybridized carbons (Fsp3) is 0.741. The predicted molar refractivity (Wildman–Crippen MR) is 274 cm³/mol. The van der Waals surface area contributed by atoms with Crippen LogP contribution in [0.5, 0.6) is 0 Å². The van der Waals surface area contributed by atoms with Gasteiger partial charge in [0.1, 0.15) is 13.2 Å². The van der Waals surface area contributed by atoms with Crippen molar-refractivity contribution in [1.82, 2.24) is 0 Å². The maximum absolute atomic E-state index is 12.8. The summed E-state index contributed by atoms with van der Waals surface area (Å²) < 4.78 is 16.8. The Morgan fingerprint density at radius 1 is 0.312 bits per heavy atom. The highest BCUT2D eigenvalue weighted by Gasteiger charge is 2.19. The number of esters is 3. The SMILES string of the molecule is CCCCC/C=C\C/C=C\C/C=C\C/C=C\CCCCCC(=O)OC[C@@H](COC(=O)CCCCCCC/C=C\CCCCCC)OC(=O)CCCCCCC/C=C\CCCCCCC. The van der Waals surface area contributed by atoms with Crippen molar-refractivity contribution in [3.63, 3.8) is 0 Å². The number of rotatable bonds is 48. The fourth-order valence-corrected chi connectivity index (χ4v) is 7.30. The van der Waals surface area contributed by atoms with Gasteiger partial charge in [0, 0.05) is 19.3 Å². The Balaban J connectivity index is 4.45. The third-order valence-corrected chi connectivity index (χ3v) is 11.4. The van der Waals surface area contributed by atoms with Crippen molar-refractivity contribution in [1.29, 1.82) is 0 Å². The van der Waals surface area contributed by atoms with Crippen LogP contribution in [-0.2, 0) is 28.6 Å². The van der Waals surface area contributed by atoms with Crippen LogP contribution in [0.2, 0.25) is 0 Å². The van der Waals surface area contributed by atoms with E-state index in [1.165, 1.54) is 116 Å². The number of carbonyl (C=O) groups is 3. The minimum Gasteiger partial charge on any atom is -0.462 e. The van der Waals surface area contributed by atoms with Crippen molar-refractivity contribution in [3.8, 4) is 0 Å². The van der Waals surface area contributed by atoms with Crippen LogP contribution in [0.4, 0.5) is 0 Å². The lowest BCUT2D eigenvalue weighted by molar-refractivity contribution is -0.167. The molecule has 0 rings (SSSR count). The van der Waals surface area contributed by atoms with Crippen LogP contribution in [0.25, 0.3) is 0 Å². The maximum Gasteiger partial charge on any atom is 0.306 e. The number of ether oxygens (including phenoxy) is 3. The van der Waals surface area contributed by atoms with E-state index in [-0.39, 0.29) is 31.1 Å². The number of hydrogen-bond acceptors (Lipinski definition) is 6. The summed E-state index contributed by atoms with van der Waals surface area (Å²) >= 11 is 0. The molecule has 1 atom stereocenters. The molecule has 368 valence electrons. The Hall–Kier alpha value is -3.15. The standard InChI is InChI=1S/C58H100O6/c1-4-7-10-13-16-19-22-25-27-28-29-30-31-34-36-39-42-45-48-51-57(60)63-54-55(53-62-56(59)50-47-44-41-38-35-32-24-21-18-15-12-9-6-3)64-58(61)52-49-46-43-40-37-33-26-23-20-17-14-11-8-5-2/h16,19,21,23-27,29-30,34,36,55H,4-15,17-18,20,22,28,31-33,35,37-54H2,1-3H3/b19-16-,24-21-,26-23-,27-25-,30-29-,36-34-/t55-/m1/s1. The molecule has 0 aromatic heterocycles. The molecule has 0 fully saturated rings. The van der Waals surface area contributed by atoms with Crippen LogP contribution >= 0.6 is 0 Å². The summed E-state index contributed by atoms with van der Waals surface area (Å²) in [6.07, 6.45) is 65.9. The lowest BCUT2D eigenvalue weighted by Gasteiger charge is -2.18. The Morgan fingerprint density at radius 3 is 0.953 bits per heavy atom. The Morgan fingerprint density at radius 2 is 0.562 bits per heavy atom. The minimum absolute atomic E-state index is 0.0933. The van der Waals surface area contributed by atoms with E-state index >= 15 is 0 Å². The second-order valence-corrected chi connectivity index (χ2v) is 17.8. The Labute approximate surface area is 395 Å². The maximum atomic E-state index is 12.8. The molecular formula is C58H100O6. The molecule has 0 aromatic rings. The first kappa shape index (κ1) is 60.9. The van der Waals surface area contributed by atoms with Gasteiger partial charge in [0.05, 0.1) is 0 Å². The Bertz CT molecular complexity index is 1210. The molecule has 0 bridgehead atoms. The van der Waals surface area contributed by atoms with E-state index < -0.39 is 6.10 Å². The highest BCUT2D eigenvalue weighted by atomic mass is 16.6. The van der Waals surface area contributed by atoms with Crippen LogP contribution < -0.4 is 0 Å². The van der Waals surface area contributed by atoms with Gasteiger partial charge in [-0.1, -0.05) is 196 Å². The normalized spacial score (nSPS) is 12.6. The number of unbranched alkanes of at least 4 members (excludes halogenated alkanes) is 25. The second kappa shape index (κ2) is 52.5. The molecule has 0 aliphatic carbocycles. The summed E-state index contributed by atoms with van der Waals surface area (Å²) in [5, 5.41) is 0. The first-order valence-electron chi connectivity index (χ1n) is 26.9. The third-order valence-electron chi connectivity index (χ3n) is 11.4. The predicted octanol–water partition coefficient (Wildman–Crippen LogP) is 17.8. The summed E-state index contributed by atoms with van der Waals surface area (Å²) in [5.41, 5.74) is 0. The zero-order chi connectivity index (χ0) is 46.5. The summed E-state index contributed by atoms with van der Waals surface area (Å²) in [6, 6.07) is 0. The monoisotopic (exact) mass is 893 g/mol. The first-order valence-corrected chi connectivity index (χ1v) is 26.9. The summed E-state index contributed by atoms with van der Waals surface area (Å²) in [7, 11) is 0. The first-order chi connectivity index (χ1) is 31.5. The van der Waals surface area contributed by atoms with Gasteiger partial charge in [0.25, 0.3) is 0 Å². The van der Waals surface area contributed by atoms with Gasteiger partial charge in [-0.15, -0.1) is 0 Å². The molecule has 6 nitrogen and oxygen atoms in total. The second-order valence-electron chi connectivity index (χ2n) is 17.8. The highest BCUT2D eigenvalue weighted by molar-refractivity contribution is 5.71. The highest BCUT2D eigenvalue weighted by Crippen LogP contribution is 2.13. The molecule has 0 spiro atoms. The van der Waals surface area contributed by atoms with Crippen LogP contribution in [0.1, 0.15) is 258 Å². The summed E-state index contributed by atoms with van der Waals surface area (Å²) in [4.78, 5) is 38.0. The van der Waals surface area contributed by atoms with E-state index in [0.29, 0.717) is 19.3 Å². The molecule has 0 unspecified atom stereocenters. The quantitative estimate of drug-likeness (QED) is 0.0262. The molecule has 0 heterocycles. The number of allylic oxidation sites excluding steroid dienone is 12. The average Bonchev–Trinajstić information content (AvgIpc) is 3.29. The fourth-order valence-electron chi connectivity index (χ4n) is 7.30. The van der Waals surface area contributed by atoms with Crippen molar-refractivity contribution in [3.05, 3.63) is 72.9 Å². The molecule has 0 aliphatic heterocycles. The van der Waals surface area contributed by atoms with Gasteiger partial charge in [-0.3, -0.25) is 14.4 Å². The molecule has 6 heteroatoms. The zero-order valence-corrected chi connectivity index (χ0v) is 42.0. The molecule has 0 amide bonds. The van der Waals surface area contributed by atoms with Crippen molar-refractivity contribution < 1.29 is 28.6 Å². The van der Waals surface area contributed by atoms with Gasteiger partial charge in [-0.2, -0.15) is 0 Å². The van der Waals surface area contributed by atoms with Crippen LogP contribution in [-0.4, -0.2) is 37.2 Å². The molecule has 0 aromatic carbocycles. The number of carbonyl (C=O) groups excluding carboxylic acids is 3. The molecule has 0 saturated carbocycles. The number of hydrogen-bond donors (Lipinski definition) is 0. The molecular weight excluding hydrogens is 793 g/mol. The van der Waals surface area contributed by atoms with Crippen LogP contribution in [0.3, 0.4) is 0 Å². The van der Waals surface area contributed by atoms with Crippen molar-refractivity contribution >= 4 is 17.9 Å². The zero-order valence-electron chi connectivity index (χ0n) is 42.0.